The molecule has 0 aliphatic carbocycles. The highest BCUT2D eigenvalue weighted by molar-refractivity contribution is 5.73. The second kappa shape index (κ2) is 7.59. The van der Waals surface area contributed by atoms with E-state index in [2.05, 4.69) is 21.3 Å². The first-order valence-electron chi connectivity index (χ1n) is 7.33. The molecule has 0 aromatic heterocycles. The number of piperidine rings is 2. The maximum Gasteiger partial charge on any atom is 0.314 e. The Morgan fingerprint density at radius 2 is 1.39 bits per heavy atom. The van der Waals surface area contributed by atoms with Gasteiger partial charge in [0, 0.05) is 25.2 Å². The Hall–Kier alpha value is -0.810. The minimum atomic E-state index is -0.0326. The molecule has 2 unspecified atom stereocenters. The zero-order valence-electron chi connectivity index (χ0n) is 11.1. The molecule has 0 aromatic carbocycles. The van der Waals surface area contributed by atoms with Crippen LogP contribution in [-0.4, -0.2) is 44.3 Å². The highest BCUT2D eigenvalue weighted by Crippen LogP contribution is 2.06. The third-order valence-electron chi connectivity index (χ3n) is 3.84. The number of urea groups is 1. The van der Waals surface area contributed by atoms with Gasteiger partial charge in [0.2, 0.25) is 0 Å². The lowest BCUT2D eigenvalue weighted by Gasteiger charge is -2.25. The van der Waals surface area contributed by atoms with Gasteiger partial charge in [-0.3, -0.25) is 0 Å². The van der Waals surface area contributed by atoms with Crippen molar-refractivity contribution < 1.29 is 4.79 Å². The number of hydrogen-bond donors (Lipinski definition) is 4. The van der Waals surface area contributed by atoms with Crippen molar-refractivity contribution in [3.05, 3.63) is 0 Å². The molecule has 104 valence electrons. The summed E-state index contributed by atoms with van der Waals surface area (Å²) in [6.07, 6.45) is 7.40. The van der Waals surface area contributed by atoms with E-state index in [9.17, 15) is 4.79 Å². The Kier molecular flexibility index (Phi) is 5.74. The monoisotopic (exact) mass is 254 g/mol. The summed E-state index contributed by atoms with van der Waals surface area (Å²) in [4.78, 5) is 11.7. The Balaban J connectivity index is 1.54. The van der Waals surface area contributed by atoms with Crippen LogP contribution < -0.4 is 21.3 Å². The van der Waals surface area contributed by atoms with Crippen molar-refractivity contribution >= 4 is 6.03 Å². The number of hydrogen-bond acceptors (Lipinski definition) is 3. The largest absolute Gasteiger partial charge is 0.337 e. The van der Waals surface area contributed by atoms with Crippen LogP contribution in [-0.2, 0) is 0 Å². The fraction of sp³-hybridized carbons (Fsp3) is 0.923. The number of nitrogens with one attached hydrogen (secondary N) is 4. The van der Waals surface area contributed by atoms with Crippen LogP contribution in [0.5, 0.6) is 0 Å². The Bertz CT molecular complexity index is 223. The number of carbonyl (C=O) groups excluding carboxylic acids is 1. The molecule has 2 fully saturated rings. The van der Waals surface area contributed by atoms with Crippen molar-refractivity contribution in [2.75, 3.05) is 26.2 Å². The molecule has 0 spiro atoms. The lowest BCUT2D eigenvalue weighted by atomic mass is 10.1. The van der Waals surface area contributed by atoms with Crippen LogP contribution in [0.2, 0.25) is 0 Å². The molecule has 18 heavy (non-hydrogen) atoms. The summed E-state index contributed by atoms with van der Waals surface area (Å²) in [5, 5.41) is 12.8. The molecule has 0 aromatic rings. The smallest absolute Gasteiger partial charge is 0.314 e. The SMILES string of the molecule is O=C(NCC1CCCCN1)NCC1CCCCN1. The van der Waals surface area contributed by atoms with Gasteiger partial charge in [-0.05, 0) is 38.8 Å². The Morgan fingerprint density at radius 1 is 0.889 bits per heavy atom. The van der Waals surface area contributed by atoms with Crippen molar-refractivity contribution in [3.63, 3.8) is 0 Å². The van der Waals surface area contributed by atoms with Crippen LogP contribution in [0.4, 0.5) is 4.79 Å². The highest BCUT2D eigenvalue weighted by atomic mass is 16.2. The van der Waals surface area contributed by atoms with Crippen LogP contribution in [0.25, 0.3) is 0 Å². The van der Waals surface area contributed by atoms with E-state index in [0.717, 1.165) is 26.2 Å². The third kappa shape index (κ3) is 4.82. The van der Waals surface area contributed by atoms with E-state index >= 15 is 0 Å². The van der Waals surface area contributed by atoms with E-state index < -0.39 is 0 Å². The molecule has 0 bridgehead atoms. The highest BCUT2D eigenvalue weighted by Gasteiger charge is 2.15. The van der Waals surface area contributed by atoms with E-state index in [1.54, 1.807) is 0 Å². The molecule has 2 heterocycles. The number of carbonyl (C=O) groups is 1. The molecule has 0 saturated carbocycles. The average molecular weight is 254 g/mol. The van der Waals surface area contributed by atoms with Crippen LogP contribution in [0, 0.1) is 0 Å². The van der Waals surface area contributed by atoms with Crippen molar-refractivity contribution in [2.24, 2.45) is 0 Å². The lowest BCUT2D eigenvalue weighted by Crippen LogP contribution is -2.49. The van der Waals surface area contributed by atoms with Gasteiger partial charge < -0.3 is 21.3 Å². The maximum absolute atomic E-state index is 11.7. The molecule has 2 rings (SSSR count). The molecule has 2 saturated heterocycles. The van der Waals surface area contributed by atoms with Gasteiger partial charge >= 0.3 is 6.03 Å². The Labute approximate surface area is 109 Å². The molecule has 5 nitrogen and oxygen atoms in total. The first kappa shape index (κ1) is 13.6. The van der Waals surface area contributed by atoms with E-state index in [4.69, 9.17) is 0 Å². The minimum absolute atomic E-state index is 0.0326. The minimum Gasteiger partial charge on any atom is -0.337 e. The van der Waals surface area contributed by atoms with Gasteiger partial charge in [-0.15, -0.1) is 0 Å². The van der Waals surface area contributed by atoms with Gasteiger partial charge in [0.25, 0.3) is 0 Å². The van der Waals surface area contributed by atoms with Gasteiger partial charge in [-0.2, -0.15) is 0 Å². The molecular weight excluding hydrogens is 228 g/mol. The third-order valence-corrected chi connectivity index (χ3v) is 3.84. The van der Waals surface area contributed by atoms with Gasteiger partial charge in [-0.25, -0.2) is 4.79 Å². The second-order valence-electron chi connectivity index (χ2n) is 5.38. The summed E-state index contributed by atoms with van der Waals surface area (Å²) in [6, 6.07) is 0.879. The van der Waals surface area contributed by atoms with Crippen molar-refractivity contribution in [3.8, 4) is 0 Å². The lowest BCUT2D eigenvalue weighted by molar-refractivity contribution is 0.236. The zero-order chi connectivity index (χ0) is 12.6. The molecule has 2 atom stereocenters. The normalized spacial score (nSPS) is 28.7. The van der Waals surface area contributed by atoms with Crippen LogP contribution >= 0.6 is 0 Å². The summed E-state index contributed by atoms with van der Waals surface area (Å²) in [5.74, 6) is 0. The van der Waals surface area contributed by atoms with E-state index in [-0.39, 0.29) is 6.03 Å². The molecule has 0 radical (unpaired) electrons. The fourth-order valence-corrected chi connectivity index (χ4v) is 2.69. The van der Waals surface area contributed by atoms with Crippen LogP contribution in [0.1, 0.15) is 38.5 Å². The summed E-state index contributed by atoms with van der Waals surface area (Å²) < 4.78 is 0. The van der Waals surface area contributed by atoms with Crippen LogP contribution in [0.3, 0.4) is 0 Å². The molecule has 2 aliphatic rings. The van der Waals surface area contributed by atoms with E-state index in [1.807, 2.05) is 0 Å². The van der Waals surface area contributed by atoms with Gasteiger partial charge in [0.05, 0.1) is 0 Å². The molecule has 5 heteroatoms. The van der Waals surface area contributed by atoms with Gasteiger partial charge in [-0.1, -0.05) is 12.8 Å². The van der Waals surface area contributed by atoms with E-state index in [1.165, 1.54) is 38.5 Å². The molecular formula is C13H26N4O. The zero-order valence-corrected chi connectivity index (χ0v) is 11.1. The van der Waals surface area contributed by atoms with Crippen molar-refractivity contribution in [1.29, 1.82) is 0 Å². The standard InChI is InChI=1S/C13H26N4O/c18-13(16-9-11-5-1-3-7-14-11)17-10-12-6-2-4-8-15-12/h11-12,14-15H,1-10H2,(H2,16,17,18). The van der Waals surface area contributed by atoms with Crippen molar-refractivity contribution in [1.82, 2.24) is 21.3 Å². The first-order chi connectivity index (χ1) is 8.84. The summed E-state index contributed by atoms with van der Waals surface area (Å²) in [6.45, 7) is 3.65. The summed E-state index contributed by atoms with van der Waals surface area (Å²) >= 11 is 0. The molecule has 2 amide bonds. The van der Waals surface area contributed by atoms with Gasteiger partial charge in [0.1, 0.15) is 0 Å². The Morgan fingerprint density at radius 3 is 1.78 bits per heavy atom. The second-order valence-corrected chi connectivity index (χ2v) is 5.38. The first-order valence-corrected chi connectivity index (χ1v) is 7.33. The summed E-state index contributed by atoms with van der Waals surface area (Å²) in [7, 11) is 0. The summed E-state index contributed by atoms with van der Waals surface area (Å²) in [5.41, 5.74) is 0. The average Bonchev–Trinajstić information content (AvgIpc) is 2.45. The fourth-order valence-electron chi connectivity index (χ4n) is 2.69. The van der Waals surface area contributed by atoms with E-state index in [0.29, 0.717) is 12.1 Å². The van der Waals surface area contributed by atoms with Gasteiger partial charge in [0.15, 0.2) is 0 Å². The van der Waals surface area contributed by atoms with Crippen LogP contribution in [0.15, 0.2) is 0 Å². The maximum atomic E-state index is 11.7. The van der Waals surface area contributed by atoms with Crippen molar-refractivity contribution in [2.45, 2.75) is 50.6 Å². The predicted molar refractivity (Wildman–Crippen MR) is 72.7 cm³/mol. The number of amides is 2. The molecule has 2 aliphatic heterocycles. The molecule has 4 N–H and O–H groups in total. The predicted octanol–water partition coefficient (Wildman–Crippen LogP) is 0.570. The quantitative estimate of drug-likeness (QED) is 0.593. The number of rotatable bonds is 4. The topological polar surface area (TPSA) is 65.2 Å².